The third-order valence-corrected chi connectivity index (χ3v) is 2.14. The van der Waals surface area contributed by atoms with Crippen LogP contribution in [0.25, 0.3) is 0 Å². The SMILES string of the molecule is CCCCOC1C=C(Br)C=CN1. The third-order valence-electron chi connectivity index (χ3n) is 1.61. The summed E-state index contributed by atoms with van der Waals surface area (Å²) < 4.78 is 6.60. The van der Waals surface area contributed by atoms with E-state index in [1.165, 1.54) is 6.42 Å². The zero-order chi connectivity index (χ0) is 8.81. The second-order valence-corrected chi connectivity index (χ2v) is 3.61. The molecule has 0 aromatic carbocycles. The van der Waals surface area contributed by atoms with Crippen LogP contribution in [0.4, 0.5) is 0 Å². The molecule has 12 heavy (non-hydrogen) atoms. The van der Waals surface area contributed by atoms with Crippen molar-refractivity contribution in [1.29, 1.82) is 0 Å². The van der Waals surface area contributed by atoms with Crippen LogP contribution in [0.5, 0.6) is 0 Å². The minimum atomic E-state index is 0.0379. The molecule has 0 saturated carbocycles. The van der Waals surface area contributed by atoms with E-state index in [0.29, 0.717) is 0 Å². The minimum absolute atomic E-state index is 0.0379. The molecular formula is C9H14BrNO. The molecule has 1 heterocycles. The van der Waals surface area contributed by atoms with E-state index in [2.05, 4.69) is 28.2 Å². The largest absolute Gasteiger partial charge is 0.363 e. The van der Waals surface area contributed by atoms with E-state index in [0.717, 1.165) is 17.5 Å². The van der Waals surface area contributed by atoms with Gasteiger partial charge in [-0.15, -0.1) is 0 Å². The maximum Gasteiger partial charge on any atom is 0.147 e. The molecule has 1 rings (SSSR count). The van der Waals surface area contributed by atoms with Crippen LogP contribution in [0.15, 0.2) is 22.8 Å². The number of halogens is 1. The van der Waals surface area contributed by atoms with E-state index in [4.69, 9.17) is 4.74 Å². The van der Waals surface area contributed by atoms with Crippen molar-refractivity contribution in [2.45, 2.75) is 26.0 Å². The summed E-state index contributed by atoms with van der Waals surface area (Å²) >= 11 is 3.39. The van der Waals surface area contributed by atoms with Crippen molar-refractivity contribution in [2.75, 3.05) is 6.61 Å². The van der Waals surface area contributed by atoms with Crippen molar-refractivity contribution in [1.82, 2.24) is 5.32 Å². The van der Waals surface area contributed by atoms with Gasteiger partial charge >= 0.3 is 0 Å². The molecule has 0 fully saturated rings. The van der Waals surface area contributed by atoms with E-state index in [-0.39, 0.29) is 6.23 Å². The molecule has 0 spiro atoms. The lowest BCUT2D eigenvalue weighted by Crippen LogP contribution is -2.27. The second-order valence-electron chi connectivity index (χ2n) is 2.70. The number of ether oxygens (including phenoxy) is 1. The molecule has 1 unspecified atom stereocenters. The van der Waals surface area contributed by atoms with Gasteiger partial charge < -0.3 is 10.1 Å². The van der Waals surface area contributed by atoms with Crippen LogP contribution in [0, 0.1) is 0 Å². The average molecular weight is 232 g/mol. The highest BCUT2D eigenvalue weighted by Gasteiger charge is 2.05. The van der Waals surface area contributed by atoms with Gasteiger partial charge in [-0.2, -0.15) is 0 Å². The summed E-state index contributed by atoms with van der Waals surface area (Å²) in [5, 5.41) is 3.10. The average Bonchev–Trinajstić information content (AvgIpc) is 2.05. The molecule has 1 aliphatic heterocycles. The molecule has 0 amide bonds. The highest BCUT2D eigenvalue weighted by Crippen LogP contribution is 2.12. The van der Waals surface area contributed by atoms with Gasteiger partial charge in [-0.25, -0.2) is 0 Å². The predicted molar refractivity (Wildman–Crippen MR) is 53.9 cm³/mol. The Morgan fingerprint density at radius 1 is 1.67 bits per heavy atom. The first-order valence-corrected chi connectivity index (χ1v) is 5.03. The number of allylic oxidation sites excluding steroid dienone is 2. The van der Waals surface area contributed by atoms with Crippen LogP contribution in [0.1, 0.15) is 19.8 Å². The van der Waals surface area contributed by atoms with Crippen LogP contribution in [-0.4, -0.2) is 12.8 Å². The fourth-order valence-electron chi connectivity index (χ4n) is 0.922. The zero-order valence-corrected chi connectivity index (χ0v) is 8.80. The molecule has 3 heteroatoms. The molecule has 1 aliphatic rings. The van der Waals surface area contributed by atoms with Crippen molar-refractivity contribution < 1.29 is 4.74 Å². The fourth-order valence-corrected chi connectivity index (χ4v) is 1.29. The summed E-state index contributed by atoms with van der Waals surface area (Å²) in [6.45, 7) is 2.97. The highest BCUT2D eigenvalue weighted by molar-refractivity contribution is 9.11. The van der Waals surface area contributed by atoms with Gasteiger partial charge in [0.05, 0.1) is 0 Å². The number of dihydropyridines is 1. The predicted octanol–water partition coefficient (Wildman–Crippen LogP) is 2.52. The number of nitrogens with one attached hydrogen (secondary N) is 1. The summed E-state index contributed by atoms with van der Waals surface area (Å²) in [6.07, 6.45) is 8.19. The van der Waals surface area contributed by atoms with Crippen molar-refractivity contribution in [3.05, 3.63) is 22.8 Å². The van der Waals surface area contributed by atoms with Crippen LogP contribution in [-0.2, 0) is 4.74 Å². The van der Waals surface area contributed by atoms with E-state index in [1.807, 2.05) is 18.4 Å². The molecular weight excluding hydrogens is 218 g/mol. The van der Waals surface area contributed by atoms with E-state index >= 15 is 0 Å². The van der Waals surface area contributed by atoms with E-state index in [1.54, 1.807) is 0 Å². The van der Waals surface area contributed by atoms with Crippen LogP contribution < -0.4 is 5.32 Å². The molecule has 0 aromatic rings. The normalized spacial score (nSPS) is 21.8. The van der Waals surface area contributed by atoms with Gasteiger partial charge in [0.1, 0.15) is 6.23 Å². The van der Waals surface area contributed by atoms with Crippen LogP contribution in [0.2, 0.25) is 0 Å². The molecule has 2 nitrogen and oxygen atoms in total. The Morgan fingerprint density at radius 2 is 2.50 bits per heavy atom. The zero-order valence-electron chi connectivity index (χ0n) is 7.22. The van der Waals surface area contributed by atoms with Gasteiger partial charge in [-0.05, 0) is 24.8 Å². The third kappa shape index (κ3) is 3.41. The Labute approximate surface area is 81.8 Å². The fraction of sp³-hybridized carbons (Fsp3) is 0.556. The summed E-state index contributed by atoms with van der Waals surface area (Å²) in [5.74, 6) is 0. The monoisotopic (exact) mass is 231 g/mol. The molecule has 1 N–H and O–H groups in total. The van der Waals surface area contributed by atoms with Gasteiger partial charge in [0.25, 0.3) is 0 Å². The Morgan fingerprint density at radius 3 is 3.17 bits per heavy atom. The lowest BCUT2D eigenvalue weighted by atomic mass is 10.3. The smallest absolute Gasteiger partial charge is 0.147 e. The number of hydrogen-bond donors (Lipinski definition) is 1. The molecule has 0 aromatic heterocycles. The molecule has 0 aliphatic carbocycles. The van der Waals surface area contributed by atoms with Gasteiger partial charge in [0, 0.05) is 11.1 Å². The molecule has 0 radical (unpaired) electrons. The summed E-state index contributed by atoms with van der Waals surface area (Å²) in [7, 11) is 0. The highest BCUT2D eigenvalue weighted by atomic mass is 79.9. The molecule has 0 bridgehead atoms. The Balaban J connectivity index is 2.21. The lowest BCUT2D eigenvalue weighted by Gasteiger charge is -2.17. The summed E-state index contributed by atoms with van der Waals surface area (Å²) in [5.41, 5.74) is 0. The molecule has 1 atom stereocenters. The van der Waals surface area contributed by atoms with Gasteiger partial charge in [0.2, 0.25) is 0 Å². The topological polar surface area (TPSA) is 21.3 Å². The van der Waals surface area contributed by atoms with Crippen molar-refractivity contribution in [2.24, 2.45) is 0 Å². The second kappa shape index (κ2) is 5.38. The number of unbranched alkanes of at least 4 members (excludes halogenated alkanes) is 1. The molecule has 0 saturated heterocycles. The maximum absolute atomic E-state index is 5.52. The van der Waals surface area contributed by atoms with Crippen molar-refractivity contribution >= 4 is 15.9 Å². The quantitative estimate of drug-likeness (QED) is 0.752. The minimum Gasteiger partial charge on any atom is -0.363 e. The Bertz CT molecular complexity index is 189. The lowest BCUT2D eigenvalue weighted by molar-refractivity contribution is 0.0688. The summed E-state index contributed by atoms with van der Waals surface area (Å²) in [6, 6.07) is 0. The van der Waals surface area contributed by atoms with Crippen molar-refractivity contribution in [3.63, 3.8) is 0 Å². The Kier molecular flexibility index (Phi) is 4.40. The van der Waals surface area contributed by atoms with Gasteiger partial charge in [-0.1, -0.05) is 29.3 Å². The first-order valence-electron chi connectivity index (χ1n) is 4.24. The van der Waals surface area contributed by atoms with Crippen LogP contribution in [0.3, 0.4) is 0 Å². The Hall–Kier alpha value is -0.280. The van der Waals surface area contributed by atoms with Gasteiger partial charge in [0.15, 0.2) is 0 Å². The maximum atomic E-state index is 5.52. The number of rotatable bonds is 4. The van der Waals surface area contributed by atoms with Crippen LogP contribution >= 0.6 is 15.9 Å². The van der Waals surface area contributed by atoms with Crippen molar-refractivity contribution in [3.8, 4) is 0 Å². The van der Waals surface area contributed by atoms with E-state index in [9.17, 15) is 0 Å². The standard InChI is InChI=1S/C9H14BrNO/c1-2-3-6-12-9-7-8(10)4-5-11-9/h4-5,7,9,11H,2-3,6H2,1H3. The number of hydrogen-bond acceptors (Lipinski definition) is 2. The molecule has 68 valence electrons. The van der Waals surface area contributed by atoms with Gasteiger partial charge in [-0.3, -0.25) is 0 Å². The first-order chi connectivity index (χ1) is 5.83. The van der Waals surface area contributed by atoms with E-state index < -0.39 is 0 Å². The summed E-state index contributed by atoms with van der Waals surface area (Å²) in [4.78, 5) is 0. The first kappa shape index (κ1) is 9.81.